The van der Waals surface area contributed by atoms with Crippen LogP contribution in [0.25, 0.3) is 38.8 Å². The molecule has 0 saturated carbocycles. The van der Waals surface area contributed by atoms with Gasteiger partial charge in [-0.25, -0.2) is 0 Å². The molecule has 4 aromatic heterocycles. The van der Waals surface area contributed by atoms with Crippen LogP contribution in [0.4, 0.5) is 0 Å². The first-order chi connectivity index (χ1) is 15.8. The summed E-state index contributed by atoms with van der Waals surface area (Å²) < 4.78 is 4.78. The molecule has 158 valence electrons. The lowest BCUT2D eigenvalue weighted by atomic mass is 9.72. The molecule has 32 heavy (non-hydrogen) atoms. The molecule has 0 amide bonds. The smallest absolute Gasteiger partial charge is 0.212 e. The fourth-order valence-electron chi connectivity index (χ4n) is 5.70. The van der Waals surface area contributed by atoms with Gasteiger partial charge >= 0.3 is 0 Å². The van der Waals surface area contributed by atoms with Crippen LogP contribution in [0, 0.1) is 0 Å². The van der Waals surface area contributed by atoms with E-state index < -0.39 is 0 Å². The summed E-state index contributed by atoms with van der Waals surface area (Å²) in [4.78, 5) is 8.76. The summed E-state index contributed by atoms with van der Waals surface area (Å²) in [7, 11) is 0. The zero-order chi connectivity index (χ0) is 21.7. The van der Waals surface area contributed by atoms with Crippen LogP contribution in [0.2, 0.25) is 0 Å². The van der Waals surface area contributed by atoms with Crippen molar-refractivity contribution in [1.82, 2.24) is 14.5 Å². The van der Waals surface area contributed by atoms with Crippen molar-refractivity contribution < 1.29 is 4.57 Å². The van der Waals surface area contributed by atoms with Gasteiger partial charge in [-0.2, -0.15) is 4.57 Å². The van der Waals surface area contributed by atoms with Gasteiger partial charge in [0.15, 0.2) is 6.20 Å². The first-order valence-corrected chi connectivity index (χ1v) is 11.6. The predicted octanol–water partition coefficient (Wildman–Crippen LogP) is 5.99. The highest BCUT2D eigenvalue weighted by Crippen LogP contribution is 2.43. The van der Waals surface area contributed by atoms with E-state index in [4.69, 9.17) is 0 Å². The molecule has 0 saturated heterocycles. The first kappa shape index (κ1) is 19.2. The van der Waals surface area contributed by atoms with E-state index in [1.165, 1.54) is 28.9 Å². The van der Waals surface area contributed by atoms with Crippen LogP contribution in [0.5, 0.6) is 0 Å². The molecule has 0 aliphatic carbocycles. The Morgan fingerprint density at radius 2 is 1.62 bits per heavy atom. The highest BCUT2D eigenvalue weighted by atomic mass is 15.0. The van der Waals surface area contributed by atoms with Crippen LogP contribution in [0.3, 0.4) is 0 Å². The summed E-state index contributed by atoms with van der Waals surface area (Å²) in [5.41, 5.74) is 7.84. The molecule has 0 radical (unpaired) electrons. The number of nitrogens with zero attached hydrogens (tertiary/aromatic N) is 4. The predicted molar refractivity (Wildman–Crippen MR) is 129 cm³/mol. The lowest BCUT2D eigenvalue weighted by Crippen LogP contribution is -2.36. The van der Waals surface area contributed by atoms with Crippen molar-refractivity contribution in [2.24, 2.45) is 0 Å². The highest BCUT2D eigenvalue weighted by molar-refractivity contribution is 6.08. The molecule has 0 bridgehead atoms. The number of fused-ring (bicyclic) bond motifs is 6. The molecule has 6 rings (SSSR count). The number of hydrogen-bond donors (Lipinski definition) is 0. The Bertz CT molecular complexity index is 1410. The Morgan fingerprint density at radius 1 is 0.906 bits per heavy atom. The van der Waals surface area contributed by atoms with Crippen molar-refractivity contribution in [2.45, 2.75) is 45.1 Å². The molecule has 1 aliphatic rings. The third kappa shape index (κ3) is 2.65. The van der Waals surface area contributed by atoms with Crippen molar-refractivity contribution in [3.05, 3.63) is 85.1 Å². The molecule has 4 nitrogen and oxygen atoms in total. The lowest BCUT2D eigenvalue weighted by Gasteiger charge is -2.31. The van der Waals surface area contributed by atoms with E-state index in [0.29, 0.717) is 0 Å². The molecule has 5 aromatic rings. The van der Waals surface area contributed by atoms with Crippen molar-refractivity contribution in [3.8, 4) is 16.9 Å². The van der Waals surface area contributed by atoms with Gasteiger partial charge < -0.3 is 4.57 Å². The third-order valence-corrected chi connectivity index (χ3v) is 7.60. The zero-order valence-electron chi connectivity index (χ0n) is 18.6. The fraction of sp³-hybridized carbons (Fsp3) is 0.250. The Balaban J connectivity index is 1.68. The van der Waals surface area contributed by atoms with Crippen LogP contribution in [0.1, 0.15) is 38.7 Å². The van der Waals surface area contributed by atoms with Gasteiger partial charge in [0, 0.05) is 65.2 Å². The van der Waals surface area contributed by atoms with E-state index in [1.54, 1.807) is 0 Å². The Hall–Kier alpha value is -3.53. The minimum Gasteiger partial charge on any atom is -0.309 e. The summed E-state index contributed by atoms with van der Waals surface area (Å²) in [6.45, 7) is 5.73. The van der Waals surface area contributed by atoms with Crippen LogP contribution in [-0.2, 0) is 12.0 Å². The molecule has 5 heterocycles. The minimum atomic E-state index is 0.203. The number of rotatable bonds is 3. The largest absolute Gasteiger partial charge is 0.309 e. The number of hydrogen-bond acceptors (Lipinski definition) is 2. The van der Waals surface area contributed by atoms with Crippen LogP contribution < -0.4 is 4.57 Å². The second-order valence-corrected chi connectivity index (χ2v) is 8.87. The topological polar surface area (TPSA) is 34.6 Å². The molecule has 0 atom stereocenters. The lowest BCUT2D eigenvalue weighted by molar-refractivity contribution is -0.687. The van der Waals surface area contributed by atoms with Crippen molar-refractivity contribution in [3.63, 3.8) is 0 Å². The van der Waals surface area contributed by atoms with Gasteiger partial charge in [-0.1, -0.05) is 19.9 Å². The average molecular weight is 420 g/mol. The molecule has 4 heteroatoms. The summed E-state index contributed by atoms with van der Waals surface area (Å²) in [6.07, 6.45) is 13.3. The quantitative estimate of drug-likeness (QED) is 0.337. The Kier molecular flexibility index (Phi) is 4.35. The molecule has 0 fully saturated rings. The van der Waals surface area contributed by atoms with E-state index in [1.807, 2.05) is 24.8 Å². The SMILES string of the molecule is CCC1(CC)CC[n+]2ccccc2-c2cc(-n3c4ccncc4c4cnccc43)ccc21. The normalized spacial score (nSPS) is 14.8. The number of pyridine rings is 3. The fourth-order valence-corrected chi connectivity index (χ4v) is 5.70. The molecule has 1 aliphatic heterocycles. The summed E-state index contributed by atoms with van der Waals surface area (Å²) in [5, 5.41) is 2.27. The first-order valence-electron chi connectivity index (χ1n) is 11.6. The van der Waals surface area contributed by atoms with Gasteiger partial charge in [0.1, 0.15) is 6.54 Å². The highest BCUT2D eigenvalue weighted by Gasteiger charge is 2.37. The molecule has 0 N–H and O–H groups in total. The van der Waals surface area contributed by atoms with E-state index in [2.05, 4.69) is 87.7 Å². The van der Waals surface area contributed by atoms with Gasteiger partial charge in [-0.15, -0.1) is 0 Å². The molecule has 0 unspecified atom stereocenters. The van der Waals surface area contributed by atoms with E-state index in [9.17, 15) is 0 Å². The van der Waals surface area contributed by atoms with Gasteiger partial charge in [0.25, 0.3) is 0 Å². The van der Waals surface area contributed by atoms with Gasteiger partial charge in [0.05, 0.1) is 16.6 Å². The van der Waals surface area contributed by atoms with E-state index in [0.717, 1.165) is 41.2 Å². The summed E-state index contributed by atoms with van der Waals surface area (Å²) >= 11 is 0. The van der Waals surface area contributed by atoms with Crippen molar-refractivity contribution in [2.75, 3.05) is 0 Å². The van der Waals surface area contributed by atoms with Gasteiger partial charge in [-0.05, 0) is 48.7 Å². The second kappa shape index (κ2) is 7.27. The standard InChI is InChI=1S/C28H27N4/c1-3-28(4-2)12-16-31-15-6-5-7-25(31)21-17-20(8-9-24(21)28)32-26-10-13-29-18-22(26)23-19-30-14-11-27(23)32/h5-11,13-15,17-19H,3-4,12,16H2,1-2H3/q+1. The number of aryl methyl sites for hydroxylation is 1. The number of benzene rings is 1. The Labute approximate surface area is 188 Å². The van der Waals surface area contributed by atoms with E-state index >= 15 is 0 Å². The number of aromatic nitrogens is 4. The molecular formula is C28H27N4+. The molecule has 1 aromatic carbocycles. The maximum atomic E-state index is 4.38. The van der Waals surface area contributed by atoms with Gasteiger partial charge in [0.2, 0.25) is 5.69 Å². The second-order valence-electron chi connectivity index (χ2n) is 8.87. The maximum Gasteiger partial charge on any atom is 0.212 e. The van der Waals surface area contributed by atoms with Crippen LogP contribution in [-0.4, -0.2) is 14.5 Å². The minimum absolute atomic E-state index is 0.203. The summed E-state index contributed by atoms with van der Waals surface area (Å²) in [5.74, 6) is 0. The van der Waals surface area contributed by atoms with Crippen LogP contribution in [0.15, 0.2) is 79.5 Å². The average Bonchev–Trinajstić information content (AvgIpc) is 3.12. The maximum absolute atomic E-state index is 4.38. The van der Waals surface area contributed by atoms with Crippen molar-refractivity contribution in [1.29, 1.82) is 0 Å². The van der Waals surface area contributed by atoms with Gasteiger partial charge in [-0.3, -0.25) is 9.97 Å². The monoisotopic (exact) mass is 419 g/mol. The van der Waals surface area contributed by atoms with Crippen LogP contribution >= 0.6 is 0 Å². The molecule has 0 spiro atoms. The Morgan fingerprint density at radius 3 is 2.31 bits per heavy atom. The third-order valence-electron chi connectivity index (χ3n) is 7.60. The molecular weight excluding hydrogens is 392 g/mol. The zero-order valence-corrected chi connectivity index (χ0v) is 18.6. The van der Waals surface area contributed by atoms with Crippen molar-refractivity contribution >= 4 is 21.8 Å². The summed E-state index contributed by atoms with van der Waals surface area (Å²) in [6, 6.07) is 17.9. The van der Waals surface area contributed by atoms with E-state index in [-0.39, 0.29) is 5.41 Å².